The molecule has 0 aliphatic carbocycles. The number of hydrogen-bond acceptors (Lipinski definition) is 0. The van der Waals surface area contributed by atoms with Crippen LogP contribution in [-0.4, -0.2) is 4.98 Å². The first kappa shape index (κ1) is 3.93. The van der Waals surface area contributed by atoms with Gasteiger partial charge in [0.2, 0.25) is 0 Å². The zero-order chi connectivity index (χ0) is 4.41. The highest BCUT2D eigenvalue weighted by atomic mass is 79.9. The maximum atomic E-state index is 3.23. The van der Waals surface area contributed by atoms with Crippen molar-refractivity contribution >= 4 is 15.9 Å². The standard InChI is InChI=1S/C4H4BrN/c5-4-2-1-3-6-4/h1-3,6H. The summed E-state index contributed by atoms with van der Waals surface area (Å²) in [5.41, 5.74) is 0. The minimum atomic E-state index is 1.03. The second kappa shape index (κ2) is 1.47. The Labute approximate surface area is 44.5 Å². The van der Waals surface area contributed by atoms with E-state index in [2.05, 4.69) is 20.9 Å². The van der Waals surface area contributed by atoms with E-state index in [1.165, 1.54) is 0 Å². The topological polar surface area (TPSA) is 15.8 Å². The number of aromatic amines is 1. The number of nitrogens with one attached hydrogen (secondary N) is 1. The van der Waals surface area contributed by atoms with Crippen molar-refractivity contribution in [1.82, 2.24) is 4.98 Å². The van der Waals surface area contributed by atoms with E-state index >= 15 is 0 Å². The molecule has 0 saturated carbocycles. The lowest BCUT2D eigenvalue weighted by Crippen LogP contribution is -1.50. The summed E-state index contributed by atoms with van der Waals surface area (Å²) in [5, 5.41) is 0. The Bertz CT molecular complexity index is 111. The van der Waals surface area contributed by atoms with Crippen molar-refractivity contribution in [2.75, 3.05) is 0 Å². The lowest BCUT2D eigenvalue weighted by molar-refractivity contribution is 1.36. The smallest absolute Gasteiger partial charge is 0.0820 e. The first-order chi connectivity index (χ1) is 2.89. The summed E-state index contributed by atoms with van der Waals surface area (Å²) in [6.07, 6.45) is 1.87. The van der Waals surface area contributed by atoms with Gasteiger partial charge in [0.15, 0.2) is 0 Å². The third kappa shape index (κ3) is 0.627. The maximum Gasteiger partial charge on any atom is 0.0820 e. The summed E-state index contributed by atoms with van der Waals surface area (Å²) in [5.74, 6) is 0. The Morgan fingerprint density at radius 2 is 2.50 bits per heavy atom. The molecule has 1 nitrogen and oxygen atoms in total. The van der Waals surface area contributed by atoms with Crippen molar-refractivity contribution in [1.29, 1.82) is 0 Å². The first-order valence-electron chi connectivity index (χ1n) is 1.68. The molecule has 1 aromatic heterocycles. The molecule has 0 aliphatic heterocycles. The van der Waals surface area contributed by atoms with E-state index in [1.54, 1.807) is 0 Å². The lowest BCUT2D eigenvalue weighted by Gasteiger charge is -1.67. The van der Waals surface area contributed by atoms with Gasteiger partial charge >= 0.3 is 0 Å². The molecule has 0 atom stereocenters. The average Bonchev–Trinajstić information content (AvgIpc) is 1.86. The first-order valence-corrected chi connectivity index (χ1v) is 2.48. The number of halogens is 1. The fraction of sp³-hybridized carbons (Fsp3) is 0. The highest BCUT2D eigenvalue weighted by Gasteiger charge is 1.74. The number of hydrogen-bond donors (Lipinski definition) is 1. The zero-order valence-corrected chi connectivity index (χ0v) is 4.70. The van der Waals surface area contributed by atoms with Crippen molar-refractivity contribution in [3.63, 3.8) is 0 Å². The molecule has 6 heavy (non-hydrogen) atoms. The van der Waals surface area contributed by atoms with Gasteiger partial charge in [-0.15, -0.1) is 0 Å². The van der Waals surface area contributed by atoms with Crippen molar-refractivity contribution < 1.29 is 0 Å². The van der Waals surface area contributed by atoms with Crippen LogP contribution >= 0.6 is 15.9 Å². The predicted octanol–water partition coefficient (Wildman–Crippen LogP) is 1.78. The third-order valence-electron chi connectivity index (χ3n) is 0.560. The van der Waals surface area contributed by atoms with E-state index in [1.807, 2.05) is 18.3 Å². The molecule has 1 heterocycles. The molecule has 0 aromatic carbocycles. The van der Waals surface area contributed by atoms with Crippen LogP contribution in [0.1, 0.15) is 0 Å². The molecule has 0 fully saturated rings. The number of H-pyrrole nitrogens is 1. The van der Waals surface area contributed by atoms with Gasteiger partial charge in [0.05, 0.1) is 4.60 Å². The van der Waals surface area contributed by atoms with E-state index in [9.17, 15) is 0 Å². The summed E-state index contributed by atoms with van der Waals surface area (Å²) in [6.45, 7) is 0. The summed E-state index contributed by atoms with van der Waals surface area (Å²) in [6, 6.07) is 3.88. The lowest BCUT2D eigenvalue weighted by atomic mass is 10.7. The Hall–Kier alpha value is -0.240. The molecule has 0 saturated heterocycles. The molecule has 32 valence electrons. The molecule has 0 aliphatic rings. The minimum Gasteiger partial charge on any atom is -0.356 e. The Balaban J connectivity index is 3.05. The second-order valence-electron chi connectivity index (χ2n) is 1.02. The van der Waals surface area contributed by atoms with Gasteiger partial charge < -0.3 is 4.98 Å². The normalized spacial score (nSPS) is 8.83. The predicted molar refractivity (Wildman–Crippen MR) is 28.5 cm³/mol. The molecule has 0 unspecified atom stereocenters. The van der Waals surface area contributed by atoms with Gasteiger partial charge in [-0.1, -0.05) is 0 Å². The Kier molecular flexibility index (Phi) is 0.965. The van der Waals surface area contributed by atoms with Crippen LogP contribution in [0.3, 0.4) is 0 Å². The fourth-order valence-electron chi connectivity index (χ4n) is 0.308. The molecule has 0 bridgehead atoms. The van der Waals surface area contributed by atoms with Gasteiger partial charge in [-0.25, -0.2) is 0 Å². The highest BCUT2D eigenvalue weighted by Crippen LogP contribution is 2.01. The average molecular weight is 146 g/mol. The van der Waals surface area contributed by atoms with Crippen LogP contribution in [0.4, 0.5) is 0 Å². The second-order valence-corrected chi connectivity index (χ2v) is 1.87. The molecule has 0 amide bonds. The van der Waals surface area contributed by atoms with Gasteiger partial charge in [0.25, 0.3) is 0 Å². The summed E-state index contributed by atoms with van der Waals surface area (Å²) in [4.78, 5) is 2.92. The van der Waals surface area contributed by atoms with Crippen molar-refractivity contribution in [2.24, 2.45) is 0 Å². The van der Waals surface area contributed by atoms with Crippen molar-refractivity contribution in [3.05, 3.63) is 22.9 Å². The van der Waals surface area contributed by atoms with Crippen LogP contribution in [0, 0.1) is 0 Å². The van der Waals surface area contributed by atoms with E-state index in [0.29, 0.717) is 0 Å². The highest BCUT2D eigenvalue weighted by molar-refractivity contribution is 9.10. The molecule has 1 rings (SSSR count). The van der Waals surface area contributed by atoms with Crippen molar-refractivity contribution in [3.8, 4) is 0 Å². The van der Waals surface area contributed by atoms with E-state index in [-0.39, 0.29) is 0 Å². The van der Waals surface area contributed by atoms with Crippen LogP contribution in [0.25, 0.3) is 0 Å². The molecular formula is C4H4BrN. The van der Waals surface area contributed by atoms with Crippen LogP contribution in [0.5, 0.6) is 0 Å². The molecule has 2 heteroatoms. The van der Waals surface area contributed by atoms with Gasteiger partial charge in [0.1, 0.15) is 0 Å². The van der Waals surface area contributed by atoms with Crippen LogP contribution < -0.4 is 0 Å². The molecule has 1 aromatic rings. The van der Waals surface area contributed by atoms with Crippen LogP contribution in [0.2, 0.25) is 0 Å². The SMILES string of the molecule is Brc1ccc[nH]1. The minimum absolute atomic E-state index is 1.03. The summed E-state index contributed by atoms with van der Waals surface area (Å²) >= 11 is 3.23. The summed E-state index contributed by atoms with van der Waals surface area (Å²) in [7, 11) is 0. The molecule has 0 spiro atoms. The third-order valence-corrected chi connectivity index (χ3v) is 1.05. The largest absolute Gasteiger partial charge is 0.356 e. The fourth-order valence-corrected chi connectivity index (χ4v) is 0.593. The van der Waals surface area contributed by atoms with Gasteiger partial charge in [-0.05, 0) is 28.1 Å². The van der Waals surface area contributed by atoms with Gasteiger partial charge in [-0.2, -0.15) is 0 Å². The van der Waals surface area contributed by atoms with E-state index in [0.717, 1.165) is 4.60 Å². The monoisotopic (exact) mass is 145 g/mol. The zero-order valence-electron chi connectivity index (χ0n) is 3.11. The molecule has 0 radical (unpaired) electrons. The van der Waals surface area contributed by atoms with Crippen LogP contribution in [-0.2, 0) is 0 Å². The van der Waals surface area contributed by atoms with E-state index in [4.69, 9.17) is 0 Å². The molecule has 1 N–H and O–H groups in total. The number of rotatable bonds is 0. The Morgan fingerprint density at radius 1 is 1.67 bits per heavy atom. The quantitative estimate of drug-likeness (QED) is 0.574. The van der Waals surface area contributed by atoms with Crippen LogP contribution in [0.15, 0.2) is 22.9 Å². The Morgan fingerprint density at radius 3 is 2.67 bits per heavy atom. The summed E-state index contributed by atoms with van der Waals surface area (Å²) < 4.78 is 1.03. The van der Waals surface area contributed by atoms with Gasteiger partial charge in [-0.3, -0.25) is 0 Å². The molecular weight excluding hydrogens is 142 g/mol. The van der Waals surface area contributed by atoms with Gasteiger partial charge in [0, 0.05) is 6.20 Å². The van der Waals surface area contributed by atoms with Crippen molar-refractivity contribution in [2.45, 2.75) is 0 Å². The maximum absolute atomic E-state index is 3.23. The van der Waals surface area contributed by atoms with E-state index < -0.39 is 0 Å². The number of aromatic nitrogens is 1.